The molecule has 0 bridgehead atoms. The summed E-state index contributed by atoms with van der Waals surface area (Å²) >= 11 is 6.20. The minimum absolute atomic E-state index is 0.0636. The van der Waals surface area contributed by atoms with E-state index in [-0.39, 0.29) is 34.0 Å². The Balaban J connectivity index is 1.91. The molecule has 4 rings (SSSR count). The number of nitrogens with two attached hydrogens (primary N) is 1. The van der Waals surface area contributed by atoms with Gasteiger partial charge in [0.15, 0.2) is 5.82 Å². The molecule has 0 radical (unpaired) electrons. The molecule has 5 N–H and O–H groups in total. The first-order valence-corrected chi connectivity index (χ1v) is 11.3. The summed E-state index contributed by atoms with van der Waals surface area (Å²) in [6.07, 6.45) is 2.85. The number of aromatic nitrogens is 3. The Kier molecular flexibility index (Phi) is 6.17. The number of nitrogens with one attached hydrogen (secondary N) is 1. The third-order valence-electron chi connectivity index (χ3n) is 5.92. The number of hydrogen-bond donors (Lipinski definition) is 4. The van der Waals surface area contributed by atoms with Crippen molar-refractivity contribution < 1.29 is 24.1 Å². The number of aryl methyl sites for hydroxylation is 1. The number of carbonyl (C=O) groups excluding carboxylic acids is 1. The number of fused-ring (bicyclic) bond motifs is 1. The maximum Gasteiger partial charge on any atom is 0.258 e. The predicted molar refractivity (Wildman–Crippen MR) is 124 cm³/mol. The fraction of sp³-hybridized carbons (Fsp3) is 0.435. The van der Waals surface area contributed by atoms with E-state index in [1.807, 2.05) is 0 Å². The fourth-order valence-electron chi connectivity index (χ4n) is 4.20. The van der Waals surface area contributed by atoms with Crippen molar-refractivity contribution in [1.82, 2.24) is 19.7 Å². The predicted octanol–water partition coefficient (Wildman–Crippen LogP) is 2.71. The van der Waals surface area contributed by atoms with Gasteiger partial charge in [0.25, 0.3) is 5.91 Å². The molecular formula is C23H27ClFN5O4. The molecule has 1 saturated carbocycles. The third-order valence-corrected chi connectivity index (χ3v) is 6.19. The van der Waals surface area contributed by atoms with Crippen molar-refractivity contribution in [3.63, 3.8) is 0 Å². The van der Waals surface area contributed by atoms with E-state index in [0.717, 1.165) is 0 Å². The van der Waals surface area contributed by atoms with Gasteiger partial charge in [-0.15, -0.1) is 0 Å². The lowest BCUT2D eigenvalue weighted by atomic mass is 9.88. The van der Waals surface area contributed by atoms with Gasteiger partial charge in [0.1, 0.15) is 34.1 Å². The molecule has 11 heteroatoms. The summed E-state index contributed by atoms with van der Waals surface area (Å²) in [5.41, 5.74) is 4.83. The van der Waals surface area contributed by atoms with Crippen LogP contribution in [0.5, 0.6) is 5.75 Å². The molecule has 1 aliphatic carbocycles. The number of benzene rings is 1. The van der Waals surface area contributed by atoms with Crippen LogP contribution in [-0.4, -0.2) is 48.7 Å². The maximum absolute atomic E-state index is 15.2. The zero-order chi connectivity index (χ0) is 24.9. The first-order valence-electron chi connectivity index (χ1n) is 10.9. The Morgan fingerprint density at radius 1 is 1.44 bits per heavy atom. The average molecular weight is 492 g/mol. The van der Waals surface area contributed by atoms with Crippen LogP contribution in [0.2, 0.25) is 5.02 Å². The number of amides is 1. The molecule has 1 aromatic carbocycles. The highest BCUT2D eigenvalue weighted by atomic mass is 35.5. The van der Waals surface area contributed by atoms with Crippen LogP contribution in [0.25, 0.3) is 5.52 Å². The summed E-state index contributed by atoms with van der Waals surface area (Å²) in [5.74, 6) is -1.46. The molecule has 1 fully saturated rings. The monoisotopic (exact) mass is 491 g/mol. The molecule has 2 aromatic heterocycles. The van der Waals surface area contributed by atoms with Gasteiger partial charge in [-0.1, -0.05) is 11.6 Å². The second-order valence-electron chi connectivity index (χ2n) is 9.01. The van der Waals surface area contributed by atoms with E-state index in [2.05, 4.69) is 15.3 Å². The zero-order valence-corrected chi connectivity index (χ0v) is 20.0. The van der Waals surface area contributed by atoms with Crippen LogP contribution >= 0.6 is 11.6 Å². The van der Waals surface area contributed by atoms with Gasteiger partial charge in [-0.05, 0) is 46.6 Å². The number of halogens is 2. The van der Waals surface area contributed by atoms with E-state index in [1.54, 1.807) is 31.4 Å². The highest BCUT2D eigenvalue weighted by Crippen LogP contribution is 2.42. The van der Waals surface area contributed by atoms with Crippen molar-refractivity contribution >= 4 is 28.8 Å². The molecule has 0 aliphatic heterocycles. The third kappa shape index (κ3) is 4.06. The van der Waals surface area contributed by atoms with Crippen LogP contribution < -0.4 is 15.8 Å². The minimum Gasteiger partial charge on any atom is -0.490 e. The van der Waals surface area contributed by atoms with Crippen molar-refractivity contribution in [2.24, 2.45) is 0 Å². The molecular weight excluding hydrogens is 465 g/mol. The molecule has 0 saturated heterocycles. The lowest BCUT2D eigenvalue weighted by molar-refractivity contribution is 0.0558. The van der Waals surface area contributed by atoms with E-state index >= 15 is 4.39 Å². The normalized spacial score (nSPS) is 19.7. The number of anilines is 1. The van der Waals surface area contributed by atoms with Crippen molar-refractivity contribution in [2.45, 2.75) is 64.4 Å². The second kappa shape index (κ2) is 8.68. The second-order valence-corrected chi connectivity index (χ2v) is 9.42. The summed E-state index contributed by atoms with van der Waals surface area (Å²) < 4.78 is 22.7. The Labute approximate surface area is 200 Å². The van der Waals surface area contributed by atoms with Crippen molar-refractivity contribution in [1.29, 1.82) is 0 Å². The van der Waals surface area contributed by atoms with Crippen LogP contribution in [0, 0.1) is 12.7 Å². The summed E-state index contributed by atoms with van der Waals surface area (Å²) in [4.78, 5) is 21.7. The number of hydrogen-bond acceptors (Lipinski definition) is 7. The van der Waals surface area contributed by atoms with Gasteiger partial charge in [0, 0.05) is 24.0 Å². The SMILES string of the molecule is Cc1nc([C@@](C)(O)c2cc(Cl)c(F)c(C(=O)N[C@H]3C[C@H](O)C3)c2OC(C)C)n2ccnc(N)c12. The molecule has 1 amide bonds. The van der Waals surface area contributed by atoms with E-state index < -0.39 is 35.1 Å². The van der Waals surface area contributed by atoms with Gasteiger partial charge in [0.05, 0.1) is 22.9 Å². The Bertz CT molecular complexity index is 1270. The van der Waals surface area contributed by atoms with Crippen LogP contribution in [0.15, 0.2) is 18.5 Å². The zero-order valence-electron chi connectivity index (χ0n) is 19.3. The summed E-state index contributed by atoms with van der Waals surface area (Å²) in [6.45, 7) is 6.62. The Morgan fingerprint density at radius 2 is 2.12 bits per heavy atom. The van der Waals surface area contributed by atoms with E-state index in [9.17, 15) is 15.0 Å². The van der Waals surface area contributed by atoms with Gasteiger partial charge < -0.3 is 26.0 Å². The molecule has 0 unspecified atom stereocenters. The van der Waals surface area contributed by atoms with Gasteiger partial charge in [-0.3, -0.25) is 9.20 Å². The number of ether oxygens (including phenoxy) is 1. The van der Waals surface area contributed by atoms with Gasteiger partial charge in [-0.2, -0.15) is 0 Å². The minimum atomic E-state index is -1.87. The highest BCUT2D eigenvalue weighted by molar-refractivity contribution is 6.31. The number of carbonyl (C=O) groups is 1. The Morgan fingerprint density at radius 3 is 2.74 bits per heavy atom. The van der Waals surface area contributed by atoms with E-state index in [4.69, 9.17) is 22.1 Å². The van der Waals surface area contributed by atoms with Crippen LogP contribution in [0.3, 0.4) is 0 Å². The number of nitrogen functional groups attached to an aromatic ring is 1. The number of nitrogens with zero attached hydrogens (tertiary/aromatic N) is 3. The smallest absolute Gasteiger partial charge is 0.258 e. The summed E-state index contributed by atoms with van der Waals surface area (Å²) in [7, 11) is 0. The van der Waals surface area contributed by atoms with Gasteiger partial charge in [-0.25, -0.2) is 14.4 Å². The molecule has 182 valence electrons. The lowest BCUT2D eigenvalue weighted by Crippen LogP contribution is -2.47. The van der Waals surface area contributed by atoms with Crippen molar-refractivity contribution in [2.75, 3.05) is 5.73 Å². The number of aliphatic hydroxyl groups excluding tert-OH is 1. The average Bonchev–Trinajstić information content (AvgIpc) is 3.07. The molecule has 1 aliphatic rings. The van der Waals surface area contributed by atoms with Crippen LogP contribution in [0.4, 0.5) is 10.2 Å². The maximum atomic E-state index is 15.2. The van der Waals surface area contributed by atoms with Crippen molar-refractivity contribution in [3.05, 3.63) is 51.9 Å². The topological polar surface area (TPSA) is 135 Å². The van der Waals surface area contributed by atoms with Crippen molar-refractivity contribution in [3.8, 4) is 5.75 Å². The van der Waals surface area contributed by atoms with E-state index in [0.29, 0.717) is 24.1 Å². The first-order chi connectivity index (χ1) is 15.9. The highest BCUT2D eigenvalue weighted by Gasteiger charge is 2.39. The van der Waals surface area contributed by atoms with Crippen LogP contribution in [-0.2, 0) is 5.60 Å². The fourth-order valence-corrected chi connectivity index (χ4v) is 4.40. The summed E-state index contributed by atoms with van der Waals surface area (Å²) in [6, 6.07) is 0.936. The molecule has 0 spiro atoms. The van der Waals surface area contributed by atoms with Gasteiger partial charge in [0.2, 0.25) is 0 Å². The first kappa shape index (κ1) is 24.2. The molecule has 2 heterocycles. The number of aliphatic hydroxyl groups is 2. The lowest BCUT2D eigenvalue weighted by Gasteiger charge is -2.33. The number of rotatable bonds is 6. The molecule has 3 aromatic rings. The van der Waals surface area contributed by atoms with E-state index in [1.165, 1.54) is 19.2 Å². The quantitative estimate of drug-likeness (QED) is 0.416. The standard InChI is InChI=1S/C23H27ClFN5O4/c1-10(2)34-19-14(9-15(24)17(25)16(19)21(32)29-12-7-13(31)8-12)23(4,33)22-28-11(3)18-20(26)27-5-6-30(18)22/h5-6,9-10,12-13,31,33H,7-8H2,1-4H3,(H2,26,27)(H,29,32)/t12-,13-,23-/m0/s1. The molecule has 9 nitrogen and oxygen atoms in total. The number of imidazole rings is 1. The Hall–Kier alpha value is -2.95. The van der Waals surface area contributed by atoms with Crippen LogP contribution in [0.1, 0.15) is 61.1 Å². The molecule has 1 atom stereocenters. The summed E-state index contributed by atoms with van der Waals surface area (Å²) in [5, 5.41) is 23.7. The largest absolute Gasteiger partial charge is 0.490 e. The van der Waals surface area contributed by atoms with Gasteiger partial charge >= 0.3 is 0 Å². The molecule has 34 heavy (non-hydrogen) atoms.